The van der Waals surface area contributed by atoms with Crippen LogP contribution in [-0.2, 0) is 4.74 Å². The standard InChI is InChI=1S/C9H19NO/c1-2-11-9(10)8-6-4-3-5-7-8/h8-9H,2-7,10H2,1H3. The van der Waals surface area contributed by atoms with E-state index in [1.165, 1.54) is 32.1 Å². The molecule has 66 valence electrons. The van der Waals surface area contributed by atoms with Gasteiger partial charge in [-0.15, -0.1) is 0 Å². The zero-order valence-corrected chi connectivity index (χ0v) is 7.38. The summed E-state index contributed by atoms with van der Waals surface area (Å²) in [6.45, 7) is 2.75. The van der Waals surface area contributed by atoms with Crippen molar-refractivity contribution < 1.29 is 4.74 Å². The van der Waals surface area contributed by atoms with Crippen LogP contribution in [0, 0.1) is 5.92 Å². The van der Waals surface area contributed by atoms with E-state index in [4.69, 9.17) is 10.5 Å². The molecule has 2 N–H and O–H groups in total. The van der Waals surface area contributed by atoms with Crippen LogP contribution < -0.4 is 5.73 Å². The normalized spacial score (nSPS) is 23.5. The van der Waals surface area contributed by atoms with Crippen molar-refractivity contribution >= 4 is 0 Å². The van der Waals surface area contributed by atoms with Crippen LogP contribution in [0.15, 0.2) is 0 Å². The molecule has 0 aromatic carbocycles. The van der Waals surface area contributed by atoms with E-state index < -0.39 is 0 Å². The minimum atomic E-state index is 0.000278. The molecule has 1 aliphatic carbocycles. The summed E-state index contributed by atoms with van der Waals surface area (Å²) in [5.41, 5.74) is 5.84. The van der Waals surface area contributed by atoms with E-state index in [1.807, 2.05) is 6.92 Å². The fourth-order valence-corrected chi connectivity index (χ4v) is 1.79. The third kappa shape index (κ3) is 2.80. The van der Waals surface area contributed by atoms with Crippen LogP contribution in [-0.4, -0.2) is 12.8 Å². The van der Waals surface area contributed by atoms with Gasteiger partial charge in [-0.2, -0.15) is 0 Å². The van der Waals surface area contributed by atoms with Crippen LogP contribution in [0.2, 0.25) is 0 Å². The van der Waals surface area contributed by atoms with Crippen LogP contribution in [0.25, 0.3) is 0 Å². The predicted octanol–water partition coefficient (Wildman–Crippen LogP) is 1.89. The van der Waals surface area contributed by atoms with Crippen molar-refractivity contribution in [1.82, 2.24) is 0 Å². The van der Waals surface area contributed by atoms with Crippen molar-refractivity contribution in [2.24, 2.45) is 11.7 Å². The van der Waals surface area contributed by atoms with Gasteiger partial charge in [0.05, 0.1) is 0 Å². The highest BCUT2D eigenvalue weighted by Gasteiger charge is 2.20. The van der Waals surface area contributed by atoms with E-state index in [1.54, 1.807) is 0 Å². The minimum absolute atomic E-state index is 0.000278. The summed E-state index contributed by atoms with van der Waals surface area (Å²) < 4.78 is 5.36. The van der Waals surface area contributed by atoms with Gasteiger partial charge in [-0.1, -0.05) is 19.3 Å². The molecular weight excluding hydrogens is 138 g/mol. The van der Waals surface area contributed by atoms with Gasteiger partial charge in [-0.25, -0.2) is 0 Å². The first kappa shape index (κ1) is 9.01. The highest BCUT2D eigenvalue weighted by atomic mass is 16.5. The summed E-state index contributed by atoms with van der Waals surface area (Å²) in [5.74, 6) is 0.628. The quantitative estimate of drug-likeness (QED) is 0.635. The van der Waals surface area contributed by atoms with Crippen molar-refractivity contribution in [2.45, 2.75) is 45.3 Å². The van der Waals surface area contributed by atoms with Gasteiger partial charge in [-0.3, -0.25) is 0 Å². The molecule has 0 saturated heterocycles. The lowest BCUT2D eigenvalue weighted by Crippen LogP contribution is -2.34. The van der Waals surface area contributed by atoms with Gasteiger partial charge < -0.3 is 10.5 Å². The van der Waals surface area contributed by atoms with Crippen molar-refractivity contribution in [1.29, 1.82) is 0 Å². The first-order valence-electron chi connectivity index (χ1n) is 4.71. The highest BCUT2D eigenvalue weighted by Crippen LogP contribution is 2.25. The molecule has 11 heavy (non-hydrogen) atoms. The average Bonchev–Trinajstić information content (AvgIpc) is 2.07. The van der Waals surface area contributed by atoms with Crippen LogP contribution in [0.1, 0.15) is 39.0 Å². The summed E-state index contributed by atoms with van der Waals surface area (Å²) in [7, 11) is 0. The molecule has 0 aromatic heterocycles. The second-order valence-corrected chi connectivity index (χ2v) is 3.32. The molecule has 0 aromatic rings. The second-order valence-electron chi connectivity index (χ2n) is 3.32. The lowest BCUT2D eigenvalue weighted by molar-refractivity contribution is 0.0119. The Hall–Kier alpha value is -0.0800. The van der Waals surface area contributed by atoms with Crippen molar-refractivity contribution in [2.75, 3.05) is 6.61 Å². The fraction of sp³-hybridized carbons (Fsp3) is 1.00. The van der Waals surface area contributed by atoms with Gasteiger partial charge >= 0.3 is 0 Å². The van der Waals surface area contributed by atoms with Crippen LogP contribution in [0.4, 0.5) is 0 Å². The molecule has 2 nitrogen and oxygen atoms in total. The van der Waals surface area contributed by atoms with E-state index in [2.05, 4.69) is 0 Å². The molecule has 1 aliphatic rings. The molecule has 1 unspecified atom stereocenters. The van der Waals surface area contributed by atoms with Gasteiger partial charge in [0.1, 0.15) is 6.23 Å². The van der Waals surface area contributed by atoms with Gasteiger partial charge in [0, 0.05) is 6.61 Å². The molecule has 1 rings (SSSR count). The SMILES string of the molecule is CCOC(N)C1CCCCC1. The Labute approximate surface area is 69.1 Å². The zero-order valence-electron chi connectivity index (χ0n) is 7.38. The molecule has 1 saturated carbocycles. The van der Waals surface area contributed by atoms with E-state index in [0.29, 0.717) is 5.92 Å². The first-order valence-corrected chi connectivity index (χ1v) is 4.71. The maximum absolute atomic E-state index is 5.84. The van der Waals surface area contributed by atoms with Gasteiger partial charge in [0.25, 0.3) is 0 Å². The third-order valence-corrected chi connectivity index (χ3v) is 2.47. The maximum Gasteiger partial charge on any atom is 0.108 e. The number of rotatable bonds is 3. The number of hydrogen-bond donors (Lipinski definition) is 1. The Bertz CT molecular complexity index is 99.7. The molecule has 0 heterocycles. The molecule has 0 bridgehead atoms. The largest absolute Gasteiger partial charge is 0.364 e. The number of hydrogen-bond acceptors (Lipinski definition) is 2. The monoisotopic (exact) mass is 157 g/mol. The zero-order chi connectivity index (χ0) is 8.10. The number of nitrogens with two attached hydrogens (primary N) is 1. The lowest BCUT2D eigenvalue weighted by Gasteiger charge is -2.26. The van der Waals surface area contributed by atoms with Crippen LogP contribution in [0.5, 0.6) is 0 Å². The summed E-state index contributed by atoms with van der Waals surface area (Å²) in [5, 5.41) is 0. The predicted molar refractivity (Wildman–Crippen MR) is 46.2 cm³/mol. The van der Waals surface area contributed by atoms with Gasteiger partial charge in [-0.05, 0) is 25.7 Å². The number of ether oxygens (including phenoxy) is 1. The molecule has 0 spiro atoms. The highest BCUT2D eigenvalue weighted by molar-refractivity contribution is 4.70. The molecule has 0 radical (unpaired) electrons. The lowest BCUT2D eigenvalue weighted by atomic mass is 9.88. The maximum atomic E-state index is 5.84. The van der Waals surface area contributed by atoms with Crippen molar-refractivity contribution in [3.05, 3.63) is 0 Å². The van der Waals surface area contributed by atoms with E-state index >= 15 is 0 Å². The van der Waals surface area contributed by atoms with Crippen LogP contribution in [0.3, 0.4) is 0 Å². The Balaban J connectivity index is 2.21. The molecule has 1 fully saturated rings. The molecule has 1 atom stereocenters. The molecule has 2 heteroatoms. The summed E-state index contributed by atoms with van der Waals surface area (Å²) in [6, 6.07) is 0. The smallest absolute Gasteiger partial charge is 0.108 e. The Morgan fingerprint density at radius 3 is 2.55 bits per heavy atom. The molecule has 0 aliphatic heterocycles. The van der Waals surface area contributed by atoms with E-state index in [-0.39, 0.29) is 6.23 Å². The summed E-state index contributed by atoms with van der Waals surface area (Å²) in [6.07, 6.45) is 6.59. The Morgan fingerprint density at radius 2 is 2.00 bits per heavy atom. The van der Waals surface area contributed by atoms with Gasteiger partial charge in [0.15, 0.2) is 0 Å². The van der Waals surface area contributed by atoms with Gasteiger partial charge in [0.2, 0.25) is 0 Å². The van der Waals surface area contributed by atoms with Crippen LogP contribution >= 0.6 is 0 Å². The van der Waals surface area contributed by atoms with E-state index in [9.17, 15) is 0 Å². The Morgan fingerprint density at radius 1 is 1.36 bits per heavy atom. The first-order chi connectivity index (χ1) is 5.34. The molecular formula is C9H19NO. The topological polar surface area (TPSA) is 35.2 Å². The van der Waals surface area contributed by atoms with Crippen molar-refractivity contribution in [3.8, 4) is 0 Å². The van der Waals surface area contributed by atoms with E-state index in [0.717, 1.165) is 6.61 Å². The Kier molecular flexibility index (Phi) is 3.87. The average molecular weight is 157 g/mol. The minimum Gasteiger partial charge on any atom is -0.364 e. The summed E-state index contributed by atoms with van der Waals surface area (Å²) >= 11 is 0. The fourth-order valence-electron chi connectivity index (χ4n) is 1.79. The molecule has 0 amide bonds. The second kappa shape index (κ2) is 4.73. The third-order valence-electron chi connectivity index (χ3n) is 2.47. The van der Waals surface area contributed by atoms with Crippen molar-refractivity contribution in [3.63, 3.8) is 0 Å². The summed E-state index contributed by atoms with van der Waals surface area (Å²) in [4.78, 5) is 0.